The number of nitrogens with one attached hydrogen (secondary N) is 1. The maximum absolute atomic E-state index is 11.3. The number of fused-ring (bicyclic) bond motifs is 1. The van der Waals surface area contributed by atoms with Crippen LogP contribution in [0.5, 0.6) is 0 Å². The molecule has 134 valence electrons. The molecule has 0 aliphatic heterocycles. The predicted molar refractivity (Wildman–Crippen MR) is 104 cm³/mol. The van der Waals surface area contributed by atoms with E-state index in [1.54, 1.807) is 29.1 Å². The summed E-state index contributed by atoms with van der Waals surface area (Å²) in [5, 5.41) is 19.7. The average molecular weight is 359 g/mol. The van der Waals surface area contributed by atoms with E-state index in [0.29, 0.717) is 17.4 Å². The van der Waals surface area contributed by atoms with Crippen molar-refractivity contribution in [3.05, 3.63) is 82.7 Å². The van der Waals surface area contributed by atoms with Crippen molar-refractivity contribution in [2.75, 3.05) is 5.32 Å². The Morgan fingerprint density at radius 2 is 1.93 bits per heavy atom. The fourth-order valence-corrected chi connectivity index (χ4v) is 3.16. The van der Waals surface area contributed by atoms with Crippen LogP contribution in [0.25, 0.3) is 22.2 Å². The van der Waals surface area contributed by atoms with Gasteiger partial charge in [-0.2, -0.15) is 5.10 Å². The van der Waals surface area contributed by atoms with Crippen LogP contribution in [-0.4, -0.2) is 19.7 Å². The Bertz CT molecular complexity index is 1120. The summed E-state index contributed by atoms with van der Waals surface area (Å²) in [5.74, 6) is 0. The van der Waals surface area contributed by atoms with Crippen molar-refractivity contribution in [3.8, 4) is 11.3 Å². The third-order valence-electron chi connectivity index (χ3n) is 4.36. The predicted octanol–water partition coefficient (Wildman–Crippen LogP) is 4.16. The molecule has 0 amide bonds. The highest BCUT2D eigenvalue weighted by Gasteiger charge is 2.16. The van der Waals surface area contributed by atoms with Crippen LogP contribution in [0.3, 0.4) is 0 Å². The molecule has 0 spiro atoms. The van der Waals surface area contributed by atoms with Crippen molar-refractivity contribution >= 4 is 22.3 Å². The molecule has 4 aromatic rings. The number of pyridine rings is 1. The monoisotopic (exact) mass is 359 g/mol. The molecule has 0 bridgehead atoms. The molecule has 0 saturated carbocycles. The van der Waals surface area contributed by atoms with Crippen LogP contribution >= 0.6 is 0 Å². The standard InChI is InChI=1S/C20H17N5O2/c1-24-13-15(19(23-24)14-6-3-2-4-7-14)12-22-17-9-10-18(25(26)27)16-8-5-11-21-20(16)17/h2-11,13,22H,12H2,1H3. The number of hydrogen-bond donors (Lipinski definition) is 1. The molecule has 0 aliphatic rings. The third kappa shape index (κ3) is 3.22. The van der Waals surface area contributed by atoms with Crippen LogP contribution < -0.4 is 5.32 Å². The van der Waals surface area contributed by atoms with Crippen LogP contribution in [-0.2, 0) is 13.6 Å². The van der Waals surface area contributed by atoms with Crippen molar-refractivity contribution in [1.29, 1.82) is 0 Å². The first-order valence-corrected chi connectivity index (χ1v) is 8.47. The molecule has 7 nitrogen and oxygen atoms in total. The highest BCUT2D eigenvalue weighted by Crippen LogP contribution is 2.30. The van der Waals surface area contributed by atoms with E-state index in [1.807, 2.05) is 43.6 Å². The summed E-state index contributed by atoms with van der Waals surface area (Å²) in [5.41, 5.74) is 4.36. The number of nitro groups is 1. The van der Waals surface area contributed by atoms with E-state index in [2.05, 4.69) is 15.4 Å². The summed E-state index contributed by atoms with van der Waals surface area (Å²) < 4.78 is 1.78. The smallest absolute Gasteiger partial charge is 0.278 e. The number of anilines is 1. The Labute approximate surface area is 155 Å². The lowest BCUT2D eigenvalue weighted by atomic mass is 10.1. The number of hydrogen-bond acceptors (Lipinski definition) is 5. The molecule has 1 N–H and O–H groups in total. The molecule has 2 aromatic carbocycles. The zero-order valence-electron chi connectivity index (χ0n) is 14.7. The van der Waals surface area contributed by atoms with Crippen molar-refractivity contribution in [2.24, 2.45) is 7.05 Å². The molecule has 0 radical (unpaired) electrons. The zero-order valence-corrected chi connectivity index (χ0v) is 14.7. The van der Waals surface area contributed by atoms with E-state index in [1.165, 1.54) is 6.07 Å². The quantitative estimate of drug-likeness (QED) is 0.427. The minimum atomic E-state index is -0.386. The Kier molecular flexibility index (Phi) is 4.25. The van der Waals surface area contributed by atoms with Gasteiger partial charge in [-0.05, 0) is 18.2 Å². The topological polar surface area (TPSA) is 85.9 Å². The van der Waals surface area contributed by atoms with Gasteiger partial charge in [-0.1, -0.05) is 30.3 Å². The molecule has 4 rings (SSSR count). The Morgan fingerprint density at radius 1 is 1.11 bits per heavy atom. The average Bonchev–Trinajstić information content (AvgIpc) is 3.07. The first-order valence-electron chi connectivity index (χ1n) is 8.47. The van der Waals surface area contributed by atoms with Gasteiger partial charge in [-0.25, -0.2) is 0 Å². The van der Waals surface area contributed by atoms with Gasteiger partial charge in [0.15, 0.2) is 0 Å². The Morgan fingerprint density at radius 3 is 2.70 bits per heavy atom. The number of aromatic nitrogens is 3. The SMILES string of the molecule is Cn1cc(CNc2ccc([N+](=O)[O-])c3cccnc23)c(-c2ccccc2)n1. The van der Waals surface area contributed by atoms with Gasteiger partial charge in [0.25, 0.3) is 5.69 Å². The molecule has 0 fully saturated rings. The minimum Gasteiger partial charge on any atom is -0.379 e. The fourth-order valence-electron chi connectivity index (χ4n) is 3.16. The molecule has 0 aliphatic carbocycles. The second kappa shape index (κ2) is 6.87. The van der Waals surface area contributed by atoms with Gasteiger partial charge >= 0.3 is 0 Å². The van der Waals surface area contributed by atoms with Crippen LogP contribution in [0, 0.1) is 10.1 Å². The van der Waals surface area contributed by atoms with Crippen LogP contribution in [0.2, 0.25) is 0 Å². The number of aryl methyl sites for hydroxylation is 1. The van der Waals surface area contributed by atoms with Gasteiger partial charge < -0.3 is 5.32 Å². The second-order valence-electron chi connectivity index (χ2n) is 6.19. The van der Waals surface area contributed by atoms with E-state index in [9.17, 15) is 10.1 Å². The van der Waals surface area contributed by atoms with E-state index < -0.39 is 0 Å². The van der Waals surface area contributed by atoms with Crippen LogP contribution in [0.1, 0.15) is 5.56 Å². The molecule has 0 saturated heterocycles. The van der Waals surface area contributed by atoms with Crippen LogP contribution in [0.15, 0.2) is 67.0 Å². The highest BCUT2D eigenvalue weighted by molar-refractivity contribution is 5.96. The summed E-state index contributed by atoms with van der Waals surface area (Å²) >= 11 is 0. The second-order valence-corrected chi connectivity index (χ2v) is 6.19. The Hall–Kier alpha value is -3.74. The maximum Gasteiger partial charge on any atom is 0.278 e. The lowest BCUT2D eigenvalue weighted by molar-refractivity contribution is -0.383. The highest BCUT2D eigenvalue weighted by atomic mass is 16.6. The molecule has 0 atom stereocenters. The van der Waals surface area contributed by atoms with Gasteiger partial charge in [0, 0.05) is 43.2 Å². The summed E-state index contributed by atoms with van der Waals surface area (Å²) in [4.78, 5) is 15.2. The number of nitro benzene ring substituents is 1. The first kappa shape index (κ1) is 16.7. The third-order valence-corrected chi connectivity index (χ3v) is 4.36. The molecule has 7 heteroatoms. The van der Waals surface area contributed by atoms with Crippen molar-refractivity contribution in [2.45, 2.75) is 6.54 Å². The summed E-state index contributed by atoms with van der Waals surface area (Å²) in [6.07, 6.45) is 3.60. The van der Waals surface area contributed by atoms with Crippen LogP contribution in [0.4, 0.5) is 11.4 Å². The summed E-state index contributed by atoms with van der Waals surface area (Å²) in [7, 11) is 1.89. The van der Waals surface area contributed by atoms with E-state index in [0.717, 1.165) is 22.5 Å². The lowest BCUT2D eigenvalue weighted by Gasteiger charge is -2.09. The van der Waals surface area contributed by atoms with Gasteiger partial charge in [-0.3, -0.25) is 19.8 Å². The van der Waals surface area contributed by atoms with E-state index >= 15 is 0 Å². The fraction of sp³-hybridized carbons (Fsp3) is 0.100. The molecule has 2 aromatic heterocycles. The number of nitrogens with zero attached hydrogens (tertiary/aromatic N) is 4. The molecular weight excluding hydrogens is 342 g/mol. The summed E-state index contributed by atoms with van der Waals surface area (Å²) in [6.45, 7) is 0.529. The van der Waals surface area contributed by atoms with E-state index in [-0.39, 0.29) is 10.6 Å². The number of benzene rings is 2. The lowest BCUT2D eigenvalue weighted by Crippen LogP contribution is -2.02. The summed E-state index contributed by atoms with van der Waals surface area (Å²) in [6, 6.07) is 16.6. The van der Waals surface area contributed by atoms with E-state index in [4.69, 9.17) is 0 Å². The van der Waals surface area contributed by atoms with Crippen molar-refractivity contribution < 1.29 is 4.92 Å². The molecule has 27 heavy (non-hydrogen) atoms. The van der Waals surface area contributed by atoms with Gasteiger partial charge in [0.05, 0.1) is 21.7 Å². The molecular formula is C20H17N5O2. The van der Waals surface area contributed by atoms with Gasteiger partial charge in [-0.15, -0.1) is 0 Å². The molecule has 2 heterocycles. The minimum absolute atomic E-state index is 0.0509. The zero-order chi connectivity index (χ0) is 18.8. The van der Waals surface area contributed by atoms with Crippen molar-refractivity contribution in [1.82, 2.24) is 14.8 Å². The molecule has 0 unspecified atom stereocenters. The maximum atomic E-state index is 11.3. The number of non-ortho nitro benzene ring substituents is 1. The first-order chi connectivity index (χ1) is 13.1. The van der Waals surface area contributed by atoms with Gasteiger partial charge in [0.2, 0.25) is 0 Å². The Balaban J connectivity index is 1.68. The largest absolute Gasteiger partial charge is 0.379 e. The van der Waals surface area contributed by atoms with Gasteiger partial charge in [0.1, 0.15) is 5.52 Å². The normalized spacial score (nSPS) is 10.9. The number of rotatable bonds is 5. The van der Waals surface area contributed by atoms with Crippen molar-refractivity contribution in [3.63, 3.8) is 0 Å².